The molecule has 2 aliphatic carbocycles. The van der Waals surface area contributed by atoms with Crippen LogP contribution in [0, 0.1) is 38.7 Å². The van der Waals surface area contributed by atoms with Crippen LogP contribution < -0.4 is 0 Å². The van der Waals surface area contributed by atoms with Gasteiger partial charge in [-0.25, -0.2) is 0 Å². The van der Waals surface area contributed by atoms with E-state index in [1.807, 2.05) is 13.8 Å². The van der Waals surface area contributed by atoms with Gasteiger partial charge in [-0.3, -0.25) is 14.9 Å². The molecule has 2 bridgehead atoms. The monoisotopic (exact) mass is 359 g/mol. The molecule has 3 rings (SSSR count). The third kappa shape index (κ3) is 2.72. The van der Waals surface area contributed by atoms with Gasteiger partial charge in [-0.15, -0.1) is 0 Å². The number of rotatable bonds is 5. The lowest BCUT2D eigenvalue weighted by molar-refractivity contribution is -0.386. The van der Waals surface area contributed by atoms with Gasteiger partial charge in [-0.1, -0.05) is 46.8 Å². The molecule has 1 aromatic carbocycles. The van der Waals surface area contributed by atoms with E-state index in [0.717, 1.165) is 12.8 Å². The van der Waals surface area contributed by atoms with Crippen LogP contribution in [0.4, 0.5) is 5.69 Å². The van der Waals surface area contributed by atoms with Crippen LogP contribution >= 0.6 is 0 Å². The Balaban J connectivity index is 1.87. The van der Waals surface area contributed by atoms with E-state index in [2.05, 4.69) is 20.8 Å². The van der Waals surface area contributed by atoms with Crippen LogP contribution in [-0.4, -0.2) is 10.9 Å². The Morgan fingerprint density at radius 3 is 2.42 bits per heavy atom. The van der Waals surface area contributed by atoms with E-state index in [4.69, 9.17) is 4.74 Å². The Morgan fingerprint density at radius 2 is 1.92 bits per heavy atom. The van der Waals surface area contributed by atoms with Crippen molar-refractivity contribution in [1.82, 2.24) is 0 Å². The summed E-state index contributed by atoms with van der Waals surface area (Å²) in [7, 11) is 0. The Bertz CT molecular complexity index is 726. The molecule has 4 atom stereocenters. The zero-order valence-corrected chi connectivity index (χ0v) is 16.3. The lowest BCUT2D eigenvalue weighted by Gasteiger charge is -2.38. The van der Waals surface area contributed by atoms with Crippen LogP contribution in [0.25, 0.3) is 0 Å². The van der Waals surface area contributed by atoms with Crippen molar-refractivity contribution in [2.45, 2.75) is 60.0 Å². The summed E-state index contributed by atoms with van der Waals surface area (Å²) in [5.74, 6) is 0.188. The van der Waals surface area contributed by atoms with Crippen LogP contribution in [0.3, 0.4) is 0 Å². The molecule has 2 unspecified atom stereocenters. The van der Waals surface area contributed by atoms with E-state index < -0.39 is 11.0 Å². The summed E-state index contributed by atoms with van der Waals surface area (Å²) < 4.78 is 5.94. The lowest BCUT2D eigenvalue weighted by atomic mass is 9.67. The summed E-state index contributed by atoms with van der Waals surface area (Å²) in [4.78, 5) is 24.1. The summed E-state index contributed by atoms with van der Waals surface area (Å²) >= 11 is 0. The molecule has 0 N–H and O–H groups in total. The van der Waals surface area contributed by atoms with Gasteiger partial charge in [0.25, 0.3) is 5.69 Å². The standard InChI is InChI=1S/C21H29NO4/c1-13(2)18(15-8-6-7-9-17(15)22(24)25)26-19(23)16-12-14-10-11-21(16,5)20(14,3)4/h6-9,13-14,16,18H,10-12H2,1-5H3/t14?,16?,18-,21-/m0/s1. The summed E-state index contributed by atoms with van der Waals surface area (Å²) in [6.07, 6.45) is 2.48. The second-order valence-electron chi connectivity index (χ2n) is 9.08. The smallest absolute Gasteiger partial charge is 0.310 e. The molecule has 0 aliphatic heterocycles. The highest BCUT2D eigenvalue weighted by atomic mass is 16.6. The number of nitrogens with zero attached hydrogens (tertiary/aromatic N) is 1. The second-order valence-corrected chi connectivity index (χ2v) is 9.08. The summed E-state index contributed by atoms with van der Waals surface area (Å²) in [5, 5.41) is 11.4. The number of fused-ring (bicyclic) bond motifs is 2. The largest absolute Gasteiger partial charge is 0.457 e. The van der Waals surface area contributed by atoms with Crippen LogP contribution in [0.2, 0.25) is 0 Å². The van der Waals surface area contributed by atoms with Gasteiger partial charge in [0.05, 0.1) is 16.4 Å². The van der Waals surface area contributed by atoms with Crippen LogP contribution in [-0.2, 0) is 9.53 Å². The fraction of sp³-hybridized carbons (Fsp3) is 0.667. The van der Waals surface area contributed by atoms with E-state index in [-0.39, 0.29) is 34.3 Å². The average Bonchev–Trinajstić information content (AvgIpc) is 2.92. The molecule has 1 aromatic rings. The molecule has 0 radical (unpaired) electrons. The first kappa shape index (κ1) is 18.9. The number of ether oxygens (including phenoxy) is 1. The summed E-state index contributed by atoms with van der Waals surface area (Å²) in [6.45, 7) is 10.6. The van der Waals surface area contributed by atoms with Crippen LogP contribution in [0.1, 0.15) is 65.5 Å². The molecule has 0 heterocycles. The Morgan fingerprint density at radius 1 is 1.27 bits per heavy atom. The SMILES string of the molecule is CC(C)[C@H](OC(=O)C1CC2CC[C@]1(C)C2(C)C)c1ccccc1[N+](=O)[O-]. The van der Waals surface area contributed by atoms with Crippen molar-refractivity contribution in [3.05, 3.63) is 39.9 Å². The first-order chi connectivity index (χ1) is 12.1. The molecular formula is C21H29NO4. The molecule has 2 saturated carbocycles. The van der Waals surface area contributed by atoms with Gasteiger partial charge in [-0.2, -0.15) is 0 Å². The molecule has 0 aromatic heterocycles. The molecule has 0 spiro atoms. The topological polar surface area (TPSA) is 69.4 Å². The predicted octanol–water partition coefficient (Wildman–Crippen LogP) is 5.30. The van der Waals surface area contributed by atoms with Crippen LogP contribution in [0.5, 0.6) is 0 Å². The van der Waals surface area contributed by atoms with Crippen molar-refractivity contribution in [3.8, 4) is 0 Å². The van der Waals surface area contributed by atoms with Gasteiger partial charge in [0.15, 0.2) is 0 Å². The first-order valence-electron chi connectivity index (χ1n) is 9.53. The Hall–Kier alpha value is -1.91. The van der Waals surface area contributed by atoms with Gasteiger partial charge in [0, 0.05) is 6.07 Å². The number of esters is 1. The highest BCUT2D eigenvalue weighted by Gasteiger charge is 2.63. The molecule has 2 fully saturated rings. The zero-order chi connectivity index (χ0) is 19.3. The third-order valence-corrected chi connectivity index (χ3v) is 7.37. The van der Waals surface area contributed by atoms with E-state index in [0.29, 0.717) is 11.5 Å². The van der Waals surface area contributed by atoms with E-state index in [1.165, 1.54) is 12.5 Å². The Kier molecular flexibility index (Phi) is 4.62. The number of hydrogen-bond donors (Lipinski definition) is 0. The molecule has 2 aliphatic rings. The maximum absolute atomic E-state index is 13.1. The van der Waals surface area contributed by atoms with Gasteiger partial charge in [0.2, 0.25) is 0 Å². The molecule has 0 saturated heterocycles. The lowest BCUT2D eigenvalue weighted by Crippen LogP contribution is -2.37. The molecule has 5 heteroatoms. The zero-order valence-electron chi connectivity index (χ0n) is 16.3. The summed E-state index contributed by atoms with van der Waals surface area (Å²) in [5.41, 5.74) is 0.564. The number of carbonyl (C=O) groups excluding carboxylic acids is 1. The van der Waals surface area contributed by atoms with Crippen molar-refractivity contribution in [2.75, 3.05) is 0 Å². The average molecular weight is 359 g/mol. The fourth-order valence-corrected chi connectivity index (χ4v) is 5.22. The number of nitro groups is 1. The molecule has 0 amide bonds. The number of para-hydroxylation sites is 1. The van der Waals surface area contributed by atoms with Crippen molar-refractivity contribution in [3.63, 3.8) is 0 Å². The maximum atomic E-state index is 13.1. The van der Waals surface area contributed by atoms with E-state index in [1.54, 1.807) is 18.2 Å². The number of carbonyl (C=O) groups is 1. The van der Waals surface area contributed by atoms with E-state index in [9.17, 15) is 14.9 Å². The highest BCUT2D eigenvalue weighted by molar-refractivity contribution is 5.75. The fourth-order valence-electron chi connectivity index (χ4n) is 5.22. The molecule has 142 valence electrons. The van der Waals surface area contributed by atoms with Gasteiger partial charge < -0.3 is 4.74 Å². The van der Waals surface area contributed by atoms with E-state index >= 15 is 0 Å². The van der Waals surface area contributed by atoms with Gasteiger partial charge >= 0.3 is 5.97 Å². The quantitative estimate of drug-likeness (QED) is 0.406. The number of nitro benzene ring substituents is 1. The van der Waals surface area contributed by atoms with Gasteiger partial charge in [-0.05, 0) is 48.0 Å². The second kappa shape index (κ2) is 6.36. The molecular weight excluding hydrogens is 330 g/mol. The molecule has 5 nitrogen and oxygen atoms in total. The van der Waals surface area contributed by atoms with Crippen molar-refractivity contribution < 1.29 is 14.5 Å². The minimum atomic E-state index is -0.602. The van der Waals surface area contributed by atoms with Crippen molar-refractivity contribution in [2.24, 2.45) is 28.6 Å². The normalized spacial score (nSPS) is 30.4. The first-order valence-corrected chi connectivity index (χ1v) is 9.53. The maximum Gasteiger partial charge on any atom is 0.310 e. The van der Waals surface area contributed by atoms with Gasteiger partial charge in [0.1, 0.15) is 6.10 Å². The predicted molar refractivity (Wildman–Crippen MR) is 99.5 cm³/mol. The minimum Gasteiger partial charge on any atom is -0.457 e. The summed E-state index contributed by atoms with van der Waals surface area (Å²) in [6, 6.07) is 6.57. The minimum absolute atomic E-state index is 0.0125. The Labute approximate surface area is 155 Å². The van der Waals surface area contributed by atoms with Crippen molar-refractivity contribution >= 4 is 11.7 Å². The number of benzene rings is 1. The third-order valence-electron chi connectivity index (χ3n) is 7.37. The molecule has 26 heavy (non-hydrogen) atoms. The van der Waals surface area contributed by atoms with Crippen molar-refractivity contribution in [1.29, 1.82) is 0 Å². The van der Waals surface area contributed by atoms with Crippen LogP contribution in [0.15, 0.2) is 24.3 Å². The number of hydrogen-bond acceptors (Lipinski definition) is 4. The highest BCUT2D eigenvalue weighted by Crippen LogP contribution is 2.68.